The lowest BCUT2D eigenvalue weighted by Crippen LogP contribution is -2.52. The molecule has 0 aliphatic carbocycles. The van der Waals surface area contributed by atoms with Gasteiger partial charge >= 0.3 is 0 Å². The number of halogens is 1. The summed E-state index contributed by atoms with van der Waals surface area (Å²) in [5.41, 5.74) is 3.67. The fourth-order valence-electron chi connectivity index (χ4n) is 4.46. The molecule has 2 aliphatic rings. The summed E-state index contributed by atoms with van der Waals surface area (Å²) in [6.07, 6.45) is 3.04. The Hall–Kier alpha value is -3.52. The summed E-state index contributed by atoms with van der Waals surface area (Å²) in [7, 11) is 0. The van der Waals surface area contributed by atoms with Crippen LogP contribution in [0, 0.1) is 12.7 Å². The Balaban J connectivity index is 1.39. The lowest BCUT2D eigenvalue weighted by atomic mass is 10.1. The standard InChI is InChI=1S/C26H27FN4O3/c1-18-4-6-19(7-5-18)24-22(17-31(28-24)21-10-8-20(27)9-11-21)25(32)29-12-14-30(15-13-29)26(33)23-3-2-16-34-23/h4-11,17,23H,2-3,12-16H2,1H3. The van der Waals surface area contributed by atoms with Crippen LogP contribution in [0.25, 0.3) is 16.9 Å². The lowest BCUT2D eigenvalue weighted by molar-refractivity contribution is -0.142. The number of piperazine rings is 1. The first-order valence-corrected chi connectivity index (χ1v) is 11.6. The maximum Gasteiger partial charge on any atom is 0.257 e. The van der Waals surface area contributed by atoms with Crippen molar-refractivity contribution in [3.05, 3.63) is 71.7 Å². The van der Waals surface area contributed by atoms with E-state index in [-0.39, 0.29) is 23.7 Å². The molecule has 1 atom stereocenters. The number of aryl methyl sites for hydroxylation is 1. The van der Waals surface area contributed by atoms with Crippen molar-refractivity contribution < 1.29 is 18.7 Å². The molecule has 8 heteroatoms. The predicted molar refractivity (Wildman–Crippen MR) is 125 cm³/mol. The van der Waals surface area contributed by atoms with Gasteiger partial charge in [0.05, 0.1) is 11.3 Å². The van der Waals surface area contributed by atoms with Gasteiger partial charge in [-0.15, -0.1) is 0 Å². The molecule has 0 saturated carbocycles. The van der Waals surface area contributed by atoms with Crippen LogP contribution in [0.4, 0.5) is 4.39 Å². The highest BCUT2D eigenvalue weighted by atomic mass is 19.1. The van der Waals surface area contributed by atoms with E-state index < -0.39 is 0 Å². The van der Waals surface area contributed by atoms with Gasteiger partial charge in [0.2, 0.25) is 0 Å². The SMILES string of the molecule is Cc1ccc(-c2nn(-c3ccc(F)cc3)cc2C(=O)N2CCN(C(=O)C3CCCO3)CC2)cc1. The van der Waals surface area contributed by atoms with E-state index in [0.717, 1.165) is 24.0 Å². The van der Waals surface area contributed by atoms with Crippen LogP contribution in [0.1, 0.15) is 28.8 Å². The molecular formula is C26H27FN4O3. The van der Waals surface area contributed by atoms with Gasteiger partial charge in [-0.2, -0.15) is 5.10 Å². The first kappa shape index (κ1) is 22.3. The molecule has 2 aliphatic heterocycles. The fraction of sp³-hybridized carbons (Fsp3) is 0.346. The summed E-state index contributed by atoms with van der Waals surface area (Å²) in [4.78, 5) is 29.8. The molecule has 176 valence electrons. The van der Waals surface area contributed by atoms with E-state index in [2.05, 4.69) is 5.10 Å². The number of ether oxygens (including phenoxy) is 1. The van der Waals surface area contributed by atoms with Crippen molar-refractivity contribution in [1.29, 1.82) is 0 Å². The van der Waals surface area contributed by atoms with Crippen LogP contribution in [0.2, 0.25) is 0 Å². The van der Waals surface area contributed by atoms with E-state index >= 15 is 0 Å². The summed E-state index contributed by atoms with van der Waals surface area (Å²) in [5.74, 6) is -0.441. The second-order valence-corrected chi connectivity index (χ2v) is 8.80. The third kappa shape index (κ3) is 4.46. The minimum absolute atomic E-state index is 0.0223. The first-order chi connectivity index (χ1) is 16.5. The average Bonchev–Trinajstić information content (AvgIpc) is 3.55. The molecule has 2 fully saturated rings. The summed E-state index contributed by atoms with van der Waals surface area (Å²) in [6.45, 7) is 4.50. The van der Waals surface area contributed by atoms with Gasteiger partial charge in [-0.3, -0.25) is 9.59 Å². The fourth-order valence-corrected chi connectivity index (χ4v) is 4.46. The van der Waals surface area contributed by atoms with Crippen LogP contribution >= 0.6 is 0 Å². The van der Waals surface area contributed by atoms with Crippen molar-refractivity contribution in [2.75, 3.05) is 32.8 Å². The predicted octanol–water partition coefficient (Wildman–Crippen LogP) is 3.45. The number of nitrogens with zero attached hydrogens (tertiary/aromatic N) is 4. The molecule has 2 saturated heterocycles. The number of carbonyl (C=O) groups excluding carboxylic acids is 2. The molecular weight excluding hydrogens is 435 g/mol. The molecule has 0 N–H and O–H groups in total. The zero-order valence-corrected chi connectivity index (χ0v) is 19.1. The molecule has 2 aromatic carbocycles. The van der Waals surface area contributed by atoms with Crippen LogP contribution < -0.4 is 0 Å². The van der Waals surface area contributed by atoms with Gasteiger partial charge in [0.1, 0.15) is 17.6 Å². The summed E-state index contributed by atoms with van der Waals surface area (Å²) in [5, 5.41) is 4.69. The molecule has 2 amide bonds. The van der Waals surface area contributed by atoms with Crippen LogP contribution in [0.5, 0.6) is 0 Å². The number of aromatic nitrogens is 2. The molecule has 3 aromatic rings. The van der Waals surface area contributed by atoms with Crippen molar-refractivity contribution in [2.24, 2.45) is 0 Å². The minimum Gasteiger partial charge on any atom is -0.368 e. The van der Waals surface area contributed by atoms with Crippen LogP contribution in [0.3, 0.4) is 0 Å². The Morgan fingerprint density at radius 1 is 0.971 bits per heavy atom. The number of rotatable bonds is 4. The second-order valence-electron chi connectivity index (χ2n) is 8.80. The molecule has 34 heavy (non-hydrogen) atoms. The van der Waals surface area contributed by atoms with Crippen LogP contribution in [-0.2, 0) is 9.53 Å². The Labute approximate surface area is 197 Å². The quantitative estimate of drug-likeness (QED) is 0.596. The zero-order valence-electron chi connectivity index (χ0n) is 19.1. The zero-order chi connectivity index (χ0) is 23.7. The van der Waals surface area contributed by atoms with E-state index in [0.29, 0.717) is 49.7 Å². The molecule has 0 radical (unpaired) electrons. The normalized spacial score (nSPS) is 18.4. The van der Waals surface area contributed by atoms with Gasteiger partial charge in [0.25, 0.3) is 11.8 Å². The van der Waals surface area contributed by atoms with Gasteiger partial charge in [0.15, 0.2) is 0 Å². The smallest absolute Gasteiger partial charge is 0.257 e. The number of carbonyl (C=O) groups is 2. The van der Waals surface area contributed by atoms with Crippen molar-refractivity contribution in [3.8, 4) is 16.9 Å². The molecule has 3 heterocycles. The van der Waals surface area contributed by atoms with Crippen molar-refractivity contribution in [3.63, 3.8) is 0 Å². The van der Waals surface area contributed by atoms with Gasteiger partial charge < -0.3 is 14.5 Å². The monoisotopic (exact) mass is 462 g/mol. The number of hydrogen-bond acceptors (Lipinski definition) is 4. The number of hydrogen-bond donors (Lipinski definition) is 0. The van der Waals surface area contributed by atoms with Crippen molar-refractivity contribution in [1.82, 2.24) is 19.6 Å². The minimum atomic E-state index is -0.343. The number of amides is 2. The van der Waals surface area contributed by atoms with E-state index in [4.69, 9.17) is 4.74 Å². The molecule has 0 spiro atoms. The van der Waals surface area contributed by atoms with E-state index in [1.54, 1.807) is 32.8 Å². The Morgan fingerprint density at radius 3 is 2.29 bits per heavy atom. The van der Waals surface area contributed by atoms with Gasteiger partial charge in [0, 0.05) is 44.5 Å². The van der Waals surface area contributed by atoms with Crippen molar-refractivity contribution in [2.45, 2.75) is 25.9 Å². The molecule has 1 aromatic heterocycles. The Kier molecular flexibility index (Phi) is 6.15. The Bertz CT molecular complexity index is 1180. The van der Waals surface area contributed by atoms with E-state index in [1.807, 2.05) is 31.2 Å². The van der Waals surface area contributed by atoms with Crippen LogP contribution in [0.15, 0.2) is 54.7 Å². The molecule has 7 nitrogen and oxygen atoms in total. The third-order valence-electron chi connectivity index (χ3n) is 6.44. The molecule has 1 unspecified atom stereocenters. The topological polar surface area (TPSA) is 67.7 Å². The maximum atomic E-state index is 13.6. The van der Waals surface area contributed by atoms with E-state index in [9.17, 15) is 14.0 Å². The Morgan fingerprint density at radius 2 is 1.65 bits per heavy atom. The number of benzene rings is 2. The summed E-state index contributed by atoms with van der Waals surface area (Å²) >= 11 is 0. The highest BCUT2D eigenvalue weighted by Gasteiger charge is 2.32. The molecule has 0 bridgehead atoms. The molecule has 5 rings (SSSR count). The summed E-state index contributed by atoms with van der Waals surface area (Å²) < 4.78 is 20.6. The van der Waals surface area contributed by atoms with Gasteiger partial charge in [-0.25, -0.2) is 9.07 Å². The van der Waals surface area contributed by atoms with Crippen molar-refractivity contribution >= 4 is 11.8 Å². The largest absolute Gasteiger partial charge is 0.368 e. The highest BCUT2D eigenvalue weighted by Crippen LogP contribution is 2.26. The van der Waals surface area contributed by atoms with Crippen LogP contribution in [-0.4, -0.2) is 70.3 Å². The average molecular weight is 463 g/mol. The van der Waals surface area contributed by atoms with Gasteiger partial charge in [-0.05, 0) is 44.0 Å². The highest BCUT2D eigenvalue weighted by molar-refractivity contribution is 6.00. The lowest BCUT2D eigenvalue weighted by Gasteiger charge is -2.35. The first-order valence-electron chi connectivity index (χ1n) is 11.6. The third-order valence-corrected chi connectivity index (χ3v) is 6.44. The summed E-state index contributed by atoms with van der Waals surface area (Å²) in [6, 6.07) is 13.9. The second kappa shape index (κ2) is 9.38. The van der Waals surface area contributed by atoms with E-state index in [1.165, 1.54) is 12.1 Å². The van der Waals surface area contributed by atoms with Gasteiger partial charge in [-0.1, -0.05) is 29.8 Å². The maximum absolute atomic E-state index is 13.6.